The first-order valence-corrected chi connectivity index (χ1v) is 7.18. The van der Waals surface area contributed by atoms with E-state index in [-0.39, 0.29) is 11.4 Å². The van der Waals surface area contributed by atoms with E-state index in [1.54, 1.807) is 13.8 Å². The van der Waals surface area contributed by atoms with Crippen LogP contribution < -0.4 is 11.1 Å². The summed E-state index contributed by atoms with van der Waals surface area (Å²) in [7, 11) is 0. The van der Waals surface area contributed by atoms with Gasteiger partial charge in [-0.25, -0.2) is 0 Å². The second-order valence-electron chi connectivity index (χ2n) is 5.67. The first-order valence-electron chi connectivity index (χ1n) is 7.18. The Morgan fingerprint density at radius 1 is 1.35 bits per heavy atom. The van der Waals surface area contributed by atoms with Gasteiger partial charge in [-0.1, -0.05) is 37.3 Å². The van der Waals surface area contributed by atoms with Crippen molar-refractivity contribution in [3.05, 3.63) is 47.3 Å². The quantitative estimate of drug-likeness (QED) is 0.664. The zero-order valence-corrected chi connectivity index (χ0v) is 13.3. The molecule has 0 aliphatic heterocycles. The smallest absolute Gasteiger partial charge is 0.271 e. The highest BCUT2D eigenvalue weighted by Gasteiger charge is 2.38. The Bertz CT molecular complexity index is 722. The van der Waals surface area contributed by atoms with Crippen LogP contribution in [0, 0.1) is 6.92 Å². The van der Waals surface area contributed by atoms with Gasteiger partial charge < -0.3 is 16.2 Å². The van der Waals surface area contributed by atoms with Crippen molar-refractivity contribution in [3.8, 4) is 0 Å². The Kier molecular flexibility index (Phi) is 4.51. The Balaban J connectivity index is 2.26. The summed E-state index contributed by atoms with van der Waals surface area (Å²) in [6.45, 7) is 4.83. The predicted octanol–water partition coefficient (Wildman–Crippen LogP) is 1.31. The lowest BCUT2D eigenvalue weighted by Gasteiger charge is -2.29. The molecule has 122 valence electrons. The minimum Gasteiger partial charge on any atom is -0.380 e. The van der Waals surface area contributed by atoms with E-state index in [4.69, 9.17) is 5.73 Å². The number of aliphatic hydroxyl groups is 1. The second-order valence-corrected chi connectivity index (χ2v) is 5.67. The van der Waals surface area contributed by atoms with E-state index in [1.165, 1.54) is 6.92 Å². The molecular formula is C16H20N4O3. The van der Waals surface area contributed by atoms with Gasteiger partial charge in [0, 0.05) is 5.92 Å². The Morgan fingerprint density at radius 3 is 2.52 bits per heavy atom. The number of aryl methyl sites for hydroxylation is 1. The molecule has 2 amide bonds. The molecule has 1 heterocycles. The maximum Gasteiger partial charge on any atom is 0.271 e. The van der Waals surface area contributed by atoms with Crippen LogP contribution in [0.2, 0.25) is 0 Å². The molecule has 0 aliphatic rings. The third-order valence-corrected chi connectivity index (χ3v) is 4.02. The molecule has 2 rings (SSSR count). The van der Waals surface area contributed by atoms with Gasteiger partial charge >= 0.3 is 0 Å². The summed E-state index contributed by atoms with van der Waals surface area (Å²) in [4.78, 5) is 23.9. The lowest BCUT2D eigenvalue weighted by atomic mass is 9.84. The number of aromatic amines is 1. The van der Waals surface area contributed by atoms with Crippen molar-refractivity contribution in [2.75, 3.05) is 5.32 Å². The SMILES string of the molecule is Cc1[nH]nc(C(N)=O)c1NC(=O)[C@@](C)(O)[C@H](C)c1ccccc1. The minimum absolute atomic E-state index is 0.0704. The van der Waals surface area contributed by atoms with E-state index in [2.05, 4.69) is 15.5 Å². The number of nitrogens with one attached hydrogen (secondary N) is 2. The number of rotatable bonds is 5. The van der Waals surface area contributed by atoms with Crippen LogP contribution in [-0.2, 0) is 4.79 Å². The van der Waals surface area contributed by atoms with Gasteiger partial charge in [-0.15, -0.1) is 0 Å². The molecule has 7 nitrogen and oxygen atoms in total. The Morgan fingerprint density at radius 2 is 1.96 bits per heavy atom. The fraction of sp³-hybridized carbons (Fsp3) is 0.312. The minimum atomic E-state index is -1.68. The van der Waals surface area contributed by atoms with Gasteiger partial charge in [0.15, 0.2) is 5.69 Å². The van der Waals surface area contributed by atoms with Gasteiger partial charge in [-0.05, 0) is 19.4 Å². The summed E-state index contributed by atoms with van der Waals surface area (Å²) in [6.07, 6.45) is 0. The molecule has 0 saturated carbocycles. The molecule has 0 unspecified atom stereocenters. The first-order chi connectivity index (χ1) is 10.7. The van der Waals surface area contributed by atoms with Crippen LogP contribution in [0.15, 0.2) is 30.3 Å². The van der Waals surface area contributed by atoms with Crippen LogP contribution in [0.4, 0.5) is 5.69 Å². The molecule has 1 aromatic heterocycles. The van der Waals surface area contributed by atoms with Crippen molar-refractivity contribution >= 4 is 17.5 Å². The monoisotopic (exact) mass is 316 g/mol. The largest absolute Gasteiger partial charge is 0.380 e. The van der Waals surface area contributed by atoms with Crippen LogP contribution >= 0.6 is 0 Å². The van der Waals surface area contributed by atoms with Crippen molar-refractivity contribution < 1.29 is 14.7 Å². The lowest BCUT2D eigenvalue weighted by Crippen LogP contribution is -2.44. The number of nitrogens with two attached hydrogens (primary N) is 1. The maximum absolute atomic E-state index is 12.5. The Labute approximate surface area is 133 Å². The number of H-pyrrole nitrogens is 1. The van der Waals surface area contributed by atoms with Crippen molar-refractivity contribution in [1.82, 2.24) is 10.2 Å². The van der Waals surface area contributed by atoms with Crippen LogP contribution in [-0.4, -0.2) is 32.7 Å². The number of hydrogen-bond acceptors (Lipinski definition) is 4. The highest BCUT2D eigenvalue weighted by Crippen LogP contribution is 2.29. The van der Waals surface area contributed by atoms with Crippen LogP contribution in [0.25, 0.3) is 0 Å². The van der Waals surface area contributed by atoms with E-state index < -0.39 is 23.3 Å². The van der Waals surface area contributed by atoms with Crippen LogP contribution in [0.1, 0.15) is 41.5 Å². The number of hydrogen-bond donors (Lipinski definition) is 4. The zero-order valence-electron chi connectivity index (χ0n) is 13.3. The summed E-state index contributed by atoms with van der Waals surface area (Å²) >= 11 is 0. The predicted molar refractivity (Wildman–Crippen MR) is 86.0 cm³/mol. The highest BCUT2D eigenvalue weighted by atomic mass is 16.3. The van der Waals surface area contributed by atoms with Crippen LogP contribution in [0.3, 0.4) is 0 Å². The van der Waals surface area contributed by atoms with E-state index in [1.807, 2.05) is 30.3 Å². The number of amides is 2. The first kappa shape index (κ1) is 16.7. The number of aromatic nitrogens is 2. The third-order valence-electron chi connectivity index (χ3n) is 4.02. The molecule has 2 atom stereocenters. The molecule has 7 heteroatoms. The molecule has 0 bridgehead atoms. The Hall–Kier alpha value is -2.67. The zero-order chi connectivity index (χ0) is 17.2. The summed E-state index contributed by atoms with van der Waals surface area (Å²) in [6, 6.07) is 9.21. The molecule has 0 saturated heterocycles. The molecule has 1 aromatic carbocycles. The average molecular weight is 316 g/mol. The number of nitrogens with zero attached hydrogens (tertiary/aromatic N) is 1. The number of carbonyl (C=O) groups excluding carboxylic acids is 2. The normalized spacial score (nSPS) is 14.8. The molecule has 0 aliphatic carbocycles. The second kappa shape index (κ2) is 6.21. The van der Waals surface area contributed by atoms with Crippen molar-refractivity contribution in [1.29, 1.82) is 0 Å². The van der Waals surface area contributed by atoms with Gasteiger partial charge in [-0.3, -0.25) is 14.7 Å². The molecular weight excluding hydrogens is 296 g/mol. The lowest BCUT2D eigenvalue weighted by molar-refractivity contribution is -0.134. The average Bonchev–Trinajstić information content (AvgIpc) is 2.88. The van der Waals surface area contributed by atoms with Crippen molar-refractivity contribution in [3.63, 3.8) is 0 Å². The van der Waals surface area contributed by atoms with Gasteiger partial charge in [-0.2, -0.15) is 5.10 Å². The van der Waals surface area contributed by atoms with Gasteiger partial charge in [0.05, 0.1) is 11.4 Å². The van der Waals surface area contributed by atoms with E-state index in [0.717, 1.165) is 5.56 Å². The summed E-state index contributed by atoms with van der Waals surface area (Å²) in [5.74, 6) is -1.85. The maximum atomic E-state index is 12.5. The van der Waals surface area contributed by atoms with E-state index in [0.29, 0.717) is 5.69 Å². The fourth-order valence-electron chi connectivity index (χ4n) is 2.26. The van der Waals surface area contributed by atoms with Gasteiger partial charge in [0.1, 0.15) is 5.60 Å². The molecule has 5 N–H and O–H groups in total. The van der Waals surface area contributed by atoms with Crippen LogP contribution in [0.5, 0.6) is 0 Å². The number of anilines is 1. The molecule has 23 heavy (non-hydrogen) atoms. The topological polar surface area (TPSA) is 121 Å². The number of carbonyl (C=O) groups is 2. The molecule has 0 fully saturated rings. The highest BCUT2D eigenvalue weighted by molar-refractivity contribution is 6.04. The number of primary amides is 1. The van der Waals surface area contributed by atoms with Gasteiger partial charge in [0.2, 0.25) is 0 Å². The van der Waals surface area contributed by atoms with E-state index >= 15 is 0 Å². The van der Waals surface area contributed by atoms with E-state index in [9.17, 15) is 14.7 Å². The molecule has 0 spiro atoms. The fourth-order valence-corrected chi connectivity index (χ4v) is 2.26. The van der Waals surface area contributed by atoms with Crippen molar-refractivity contribution in [2.24, 2.45) is 5.73 Å². The summed E-state index contributed by atoms with van der Waals surface area (Å²) in [5, 5.41) is 19.6. The standard InChI is InChI=1S/C16H20N4O3/c1-9(11-7-5-4-6-8-11)16(3,23)15(22)18-12-10(2)19-20-13(12)14(17)21/h4-9,23H,1-3H3,(H2,17,21)(H,18,22)(H,19,20)/t9-,16+/m1/s1. The van der Waals surface area contributed by atoms with Crippen molar-refractivity contribution in [2.45, 2.75) is 32.3 Å². The third kappa shape index (κ3) is 3.24. The molecule has 2 aromatic rings. The summed E-state index contributed by atoms with van der Waals surface area (Å²) < 4.78 is 0. The summed E-state index contributed by atoms with van der Waals surface area (Å²) in [5.41, 5.74) is 4.97. The number of benzene rings is 1. The van der Waals surface area contributed by atoms with Gasteiger partial charge in [0.25, 0.3) is 11.8 Å². The molecule has 0 radical (unpaired) electrons.